The Bertz CT molecular complexity index is 484. The van der Waals surface area contributed by atoms with Crippen LogP contribution in [-0.2, 0) is 11.2 Å². The van der Waals surface area contributed by atoms with Crippen molar-refractivity contribution in [3.05, 3.63) is 35.4 Å². The molecule has 2 rings (SSSR count). The van der Waals surface area contributed by atoms with Gasteiger partial charge in [0.2, 0.25) is 5.91 Å². The second-order valence-electron chi connectivity index (χ2n) is 5.62. The SMILES string of the molecule is CC(C)C1CCN(C(=O)Cc2ccc(C#N)cc2)C1. The van der Waals surface area contributed by atoms with Crippen LogP contribution in [0.3, 0.4) is 0 Å². The summed E-state index contributed by atoms with van der Waals surface area (Å²) in [5, 5.41) is 8.74. The second-order valence-corrected chi connectivity index (χ2v) is 5.62. The lowest BCUT2D eigenvalue weighted by Crippen LogP contribution is -2.30. The van der Waals surface area contributed by atoms with Gasteiger partial charge in [-0.05, 0) is 36.0 Å². The molecule has 0 aromatic heterocycles. The summed E-state index contributed by atoms with van der Waals surface area (Å²) in [5.41, 5.74) is 1.62. The lowest BCUT2D eigenvalue weighted by Gasteiger charge is -2.18. The highest BCUT2D eigenvalue weighted by Crippen LogP contribution is 2.24. The van der Waals surface area contributed by atoms with Crippen LogP contribution >= 0.6 is 0 Å². The van der Waals surface area contributed by atoms with E-state index in [1.54, 1.807) is 12.1 Å². The van der Waals surface area contributed by atoms with E-state index < -0.39 is 0 Å². The third kappa shape index (κ3) is 3.35. The monoisotopic (exact) mass is 256 g/mol. The van der Waals surface area contributed by atoms with Crippen LogP contribution in [0.1, 0.15) is 31.4 Å². The minimum Gasteiger partial charge on any atom is -0.342 e. The summed E-state index contributed by atoms with van der Waals surface area (Å²) < 4.78 is 0. The lowest BCUT2D eigenvalue weighted by atomic mass is 9.95. The lowest BCUT2D eigenvalue weighted by molar-refractivity contribution is -0.129. The largest absolute Gasteiger partial charge is 0.342 e. The van der Waals surface area contributed by atoms with Crippen LogP contribution in [0, 0.1) is 23.2 Å². The molecule has 1 aromatic rings. The first kappa shape index (κ1) is 13.6. The van der Waals surface area contributed by atoms with Gasteiger partial charge in [0, 0.05) is 13.1 Å². The fourth-order valence-electron chi connectivity index (χ4n) is 2.54. The first-order valence-electron chi connectivity index (χ1n) is 6.87. The van der Waals surface area contributed by atoms with E-state index in [1.807, 2.05) is 17.0 Å². The van der Waals surface area contributed by atoms with Gasteiger partial charge in [-0.15, -0.1) is 0 Å². The van der Waals surface area contributed by atoms with Gasteiger partial charge in [-0.3, -0.25) is 4.79 Å². The van der Waals surface area contributed by atoms with Crippen molar-refractivity contribution in [3.63, 3.8) is 0 Å². The molecule has 3 nitrogen and oxygen atoms in total. The molecule has 0 N–H and O–H groups in total. The zero-order valence-corrected chi connectivity index (χ0v) is 11.6. The van der Waals surface area contributed by atoms with Crippen molar-refractivity contribution in [1.29, 1.82) is 5.26 Å². The predicted molar refractivity (Wildman–Crippen MR) is 74.4 cm³/mol. The van der Waals surface area contributed by atoms with Crippen molar-refractivity contribution in [2.45, 2.75) is 26.7 Å². The van der Waals surface area contributed by atoms with E-state index in [2.05, 4.69) is 19.9 Å². The maximum atomic E-state index is 12.2. The van der Waals surface area contributed by atoms with Crippen molar-refractivity contribution in [2.75, 3.05) is 13.1 Å². The Morgan fingerprint density at radius 3 is 2.63 bits per heavy atom. The highest BCUT2D eigenvalue weighted by atomic mass is 16.2. The Morgan fingerprint density at radius 1 is 1.42 bits per heavy atom. The molecule has 1 aliphatic heterocycles. The van der Waals surface area contributed by atoms with Crippen LogP contribution in [0.15, 0.2) is 24.3 Å². The van der Waals surface area contributed by atoms with E-state index in [-0.39, 0.29) is 5.91 Å². The first-order chi connectivity index (χ1) is 9.10. The summed E-state index contributed by atoms with van der Waals surface area (Å²) >= 11 is 0. The van der Waals surface area contributed by atoms with Crippen LogP contribution in [0.25, 0.3) is 0 Å². The van der Waals surface area contributed by atoms with E-state index in [1.165, 1.54) is 0 Å². The zero-order valence-electron chi connectivity index (χ0n) is 11.6. The van der Waals surface area contributed by atoms with Gasteiger partial charge in [-0.25, -0.2) is 0 Å². The number of benzene rings is 1. The van der Waals surface area contributed by atoms with Crippen LogP contribution in [0.2, 0.25) is 0 Å². The van der Waals surface area contributed by atoms with E-state index in [0.717, 1.165) is 25.1 Å². The summed E-state index contributed by atoms with van der Waals surface area (Å²) in [5.74, 6) is 1.49. The van der Waals surface area contributed by atoms with Crippen LogP contribution < -0.4 is 0 Å². The molecule has 0 bridgehead atoms. The summed E-state index contributed by atoms with van der Waals surface area (Å²) in [7, 11) is 0. The van der Waals surface area contributed by atoms with Gasteiger partial charge in [-0.1, -0.05) is 26.0 Å². The second kappa shape index (κ2) is 5.88. The Morgan fingerprint density at radius 2 is 2.11 bits per heavy atom. The Balaban J connectivity index is 1.92. The first-order valence-corrected chi connectivity index (χ1v) is 6.87. The number of amides is 1. The number of nitriles is 1. The van der Waals surface area contributed by atoms with Gasteiger partial charge in [0.1, 0.15) is 0 Å². The fourth-order valence-corrected chi connectivity index (χ4v) is 2.54. The van der Waals surface area contributed by atoms with Crippen molar-refractivity contribution >= 4 is 5.91 Å². The third-order valence-corrected chi connectivity index (χ3v) is 3.96. The number of carbonyl (C=O) groups excluding carboxylic acids is 1. The molecule has 0 aliphatic carbocycles. The maximum Gasteiger partial charge on any atom is 0.226 e. The van der Waals surface area contributed by atoms with E-state index >= 15 is 0 Å². The third-order valence-electron chi connectivity index (χ3n) is 3.96. The molecule has 0 radical (unpaired) electrons. The minimum atomic E-state index is 0.202. The van der Waals surface area contributed by atoms with Crippen LogP contribution in [-0.4, -0.2) is 23.9 Å². The minimum absolute atomic E-state index is 0.202. The van der Waals surface area contributed by atoms with Gasteiger partial charge in [0.15, 0.2) is 0 Å². The average Bonchev–Trinajstić information content (AvgIpc) is 2.89. The molecule has 1 aromatic carbocycles. The van der Waals surface area contributed by atoms with Crippen molar-refractivity contribution in [3.8, 4) is 6.07 Å². The molecule has 1 atom stereocenters. The number of hydrogen-bond acceptors (Lipinski definition) is 2. The summed E-state index contributed by atoms with van der Waals surface area (Å²) in [6.07, 6.45) is 1.56. The number of rotatable bonds is 3. The van der Waals surface area contributed by atoms with Crippen LogP contribution in [0.5, 0.6) is 0 Å². The molecule has 1 heterocycles. The number of nitrogens with zero attached hydrogens (tertiary/aromatic N) is 2. The van der Waals surface area contributed by atoms with Gasteiger partial charge < -0.3 is 4.90 Å². The number of carbonyl (C=O) groups is 1. The topological polar surface area (TPSA) is 44.1 Å². The number of likely N-dealkylation sites (tertiary alicyclic amines) is 1. The molecule has 1 unspecified atom stereocenters. The van der Waals surface area contributed by atoms with Crippen molar-refractivity contribution in [2.24, 2.45) is 11.8 Å². The molecule has 0 saturated carbocycles. The fraction of sp³-hybridized carbons (Fsp3) is 0.500. The standard InChI is InChI=1S/C16H20N2O/c1-12(2)15-7-8-18(11-15)16(19)9-13-3-5-14(10-17)6-4-13/h3-6,12,15H,7-9,11H2,1-2H3. The Labute approximate surface area is 114 Å². The molecular weight excluding hydrogens is 236 g/mol. The van der Waals surface area contributed by atoms with Crippen molar-refractivity contribution in [1.82, 2.24) is 4.90 Å². The highest BCUT2D eigenvalue weighted by molar-refractivity contribution is 5.79. The summed E-state index contributed by atoms with van der Waals surface area (Å²) in [4.78, 5) is 14.2. The quantitative estimate of drug-likeness (QED) is 0.834. The average molecular weight is 256 g/mol. The van der Waals surface area contributed by atoms with Gasteiger partial charge >= 0.3 is 0 Å². The molecular formula is C16H20N2O. The van der Waals surface area contributed by atoms with Gasteiger partial charge in [0.05, 0.1) is 18.1 Å². The Hall–Kier alpha value is -1.82. The maximum absolute atomic E-state index is 12.2. The van der Waals surface area contributed by atoms with Gasteiger partial charge in [0.25, 0.3) is 0 Å². The number of hydrogen-bond donors (Lipinski definition) is 0. The van der Waals surface area contributed by atoms with E-state index in [0.29, 0.717) is 23.8 Å². The predicted octanol–water partition coefficient (Wildman–Crippen LogP) is 2.61. The molecule has 19 heavy (non-hydrogen) atoms. The van der Waals surface area contributed by atoms with E-state index in [4.69, 9.17) is 5.26 Å². The highest BCUT2D eigenvalue weighted by Gasteiger charge is 2.27. The zero-order chi connectivity index (χ0) is 13.8. The molecule has 1 saturated heterocycles. The summed E-state index contributed by atoms with van der Waals surface area (Å²) in [6.45, 7) is 6.23. The van der Waals surface area contributed by atoms with Crippen molar-refractivity contribution < 1.29 is 4.79 Å². The van der Waals surface area contributed by atoms with Gasteiger partial charge in [-0.2, -0.15) is 5.26 Å². The summed E-state index contributed by atoms with van der Waals surface area (Å²) in [6, 6.07) is 9.36. The molecule has 0 spiro atoms. The Kier molecular flexibility index (Phi) is 4.21. The molecule has 100 valence electrons. The molecule has 1 aliphatic rings. The smallest absolute Gasteiger partial charge is 0.226 e. The molecule has 1 fully saturated rings. The van der Waals surface area contributed by atoms with E-state index in [9.17, 15) is 4.79 Å². The normalized spacial score (nSPS) is 18.6. The molecule has 3 heteroatoms. The van der Waals surface area contributed by atoms with Crippen LogP contribution in [0.4, 0.5) is 0 Å². The molecule has 1 amide bonds.